The van der Waals surface area contributed by atoms with Crippen molar-refractivity contribution in [3.05, 3.63) is 23.0 Å². The van der Waals surface area contributed by atoms with Gasteiger partial charge in [-0.05, 0) is 32.0 Å². The SMILES string of the molecule is O=C1OC2(CN3CCC2CC3)CN1c1csc(-c2nccs2)c1. The first-order chi connectivity index (χ1) is 11.2. The molecule has 2 aromatic heterocycles. The number of fused-ring (bicyclic) bond motifs is 2. The van der Waals surface area contributed by atoms with Crippen molar-refractivity contribution >= 4 is 34.5 Å². The summed E-state index contributed by atoms with van der Waals surface area (Å²) in [6.45, 7) is 3.87. The van der Waals surface area contributed by atoms with Crippen LogP contribution in [0.25, 0.3) is 9.88 Å². The molecule has 4 fully saturated rings. The van der Waals surface area contributed by atoms with Gasteiger partial charge in [0.2, 0.25) is 0 Å². The maximum atomic E-state index is 12.5. The number of amides is 1. The van der Waals surface area contributed by atoms with Crippen LogP contribution in [-0.2, 0) is 4.74 Å². The van der Waals surface area contributed by atoms with Gasteiger partial charge in [0.15, 0.2) is 0 Å². The Morgan fingerprint density at radius 2 is 2.13 bits per heavy atom. The third-order valence-corrected chi connectivity index (χ3v) is 7.16. The van der Waals surface area contributed by atoms with Crippen LogP contribution in [0.15, 0.2) is 23.0 Å². The average Bonchev–Trinajstić information content (AvgIpc) is 3.28. The number of nitrogens with zero attached hydrogens (tertiary/aromatic N) is 3. The smallest absolute Gasteiger partial charge is 0.415 e. The number of ether oxygens (including phenoxy) is 1. The molecular weight excluding hydrogens is 330 g/mol. The quantitative estimate of drug-likeness (QED) is 0.836. The third-order valence-electron chi connectivity index (χ3n) is 5.30. The van der Waals surface area contributed by atoms with Gasteiger partial charge in [-0.25, -0.2) is 9.78 Å². The van der Waals surface area contributed by atoms with E-state index in [0.29, 0.717) is 12.5 Å². The van der Waals surface area contributed by atoms with E-state index in [1.165, 1.54) is 0 Å². The van der Waals surface area contributed by atoms with E-state index in [4.69, 9.17) is 4.74 Å². The zero-order chi connectivity index (χ0) is 15.4. The summed E-state index contributed by atoms with van der Waals surface area (Å²) >= 11 is 3.26. The summed E-state index contributed by atoms with van der Waals surface area (Å²) in [6, 6.07) is 2.06. The highest BCUT2D eigenvalue weighted by Gasteiger charge is 2.55. The molecule has 5 nitrogen and oxygen atoms in total. The molecule has 7 heteroatoms. The number of thiophene rings is 1. The highest BCUT2D eigenvalue weighted by molar-refractivity contribution is 7.20. The Morgan fingerprint density at radius 1 is 1.26 bits per heavy atom. The number of hydrogen-bond acceptors (Lipinski definition) is 6. The number of carbonyl (C=O) groups excluding carboxylic acids is 1. The fourth-order valence-corrected chi connectivity index (χ4v) is 5.76. The fraction of sp³-hybridized carbons (Fsp3) is 0.500. The van der Waals surface area contributed by atoms with E-state index in [1.54, 1.807) is 22.7 Å². The van der Waals surface area contributed by atoms with Crippen molar-refractivity contribution in [3.63, 3.8) is 0 Å². The monoisotopic (exact) mass is 347 g/mol. The zero-order valence-corrected chi connectivity index (χ0v) is 14.2. The Hall–Kier alpha value is -1.44. The molecule has 1 spiro atoms. The fourth-order valence-electron chi connectivity index (χ4n) is 4.13. The molecule has 0 saturated carbocycles. The molecule has 0 radical (unpaired) electrons. The molecule has 2 aromatic rings. The Bertz CT molecular complexity index is 736. The van der Waals surface area contributed by atoms with Crippen LogP contribution in [0.4, 0.5) is 10.5 Å². The first-order valence-corrected chi connectivity index (χ1v) is 9.71. The van der Waals surface area contributed by atoms with Crippen molar-refractivity contribution in [1.82, 2.24) is 9.88 Å². The lowest BCUT2D eigenvalue weighted by atomic mass is 9.75. The van der Waals surface area contributed by atoms with Gasteiger partial charge in [-0.3, -0.25) is 9.80 Å². The number of aromatic nitrogens is 1. The lowest BCUT2D eigenvalue weighted by Crippen LogP contribution is -2.61. The van der Waals surface area contributed by atoms with Gasteiger partial charge < -0.3 is 4.74 Å². The van der Waals surface area contributed by atoms with Crippen molar-refractivity contribution in [3.8, 4) is 9.88 Å². The standard InChI is InChI=1S/C16H17N3O2S2/c20-15-19(12-7-13(23-8-12)14-17-3-6-22-14)10-16(21-15)9-18-4-1-11(16)2-5-18/h3,6-8,11H,1-2,4-5,9-10H2. The van der Waals surface area contributed by atoms with Crippen LogP contribution in [0.5, 0.6) is 0 Å². The normalized spacial score (nSPS) is 32.7. The minimum atomic E-state index is -0.295. The molecule has 23 heavy (non-hydrogen) atoms. The summed E-state index contributed by atoms with van der Waals surface area (Å²) in [5.41, 5.74) is 0.648. The molecule has 120 valence electrons. The van der Waals surface area contributed by atoms with Crippen molar-refractivity contribution in [2.75, 3.05) is 31.1 Å². The molecule has 2 bridgehead atoms. The summed E-state index contributed by atoms with van der Waals surface area (Å²) < 4.78 is 5.93. The maximum Gasteiger partial charge on any atom is 0.415 e. The molecule has 1 atom stereocenters. The predicted molar refractivity (Wildman–Crippen MR) is 91.1 cm³/mol. The summed E-state index contributed by atoms with van der Waals surface area (Å²) in [4.78, 5) is 22.2. The largest absolute Gasteiger partial charge is 0.439 e. The van der Waals surface area contributed by atoms with Gasteiger partial charge in [0.1, 0.15) is 10.6 Å². The van der Waals surface area contributed by atoms with E-state index < -0.39 is 0 Å². The van der Waals surface area contributed by atoms with Crippen LogP contribution in [0.3, 0.4) is 0 Å². The minimum absolute atomic E-state index is 0.192. The topological polar surface area (TPSA) is 45.7 Å². The second kappa shape index (κ2) is 5.03. The summed E-state index contributed by atoms with van der Waals surface area (Å²) in [5.74, 6) is 0.513. The Morgan fingerprint density at radius 3 is 2.83 bits per heavy atom. The summed E-state index contributed by atoms with van der Waals surface area (Å²) in [7, 11) is 0. The van der Waals surface area contributed by atoms with E-state index in [1.807, 2.05) is 21.9 Å². The van der Waals surface area contributed by atoms with Gasteiger partial charge in [0.25, 0.3) is 0 Å². The molecule has 6 heterocycles. The van der Waals surface area contributed by atoms with Crippen LogP contribution >= 0.6 is 22.7 Å². The highest BCUT2D eigenvalue weighted by atomic mass is 32.1. The number of carbonyl (C=O) groups is 1. The third kappa shape index (κ3) is 2.14. The van der Waals surface area contributed by atoms with E-state index in [-0.39, 0.29) is 11.7 Å². The highest BCUT2D eigenvalue weighted by Crippen LogP contribution is 2.44. The molecule has 4 saturated heterocycles. The number of hydrogen-bond donors (Lipinski definition) is 0. The maximum absolute atomic E-state index is 12.5. The Kier molecular flexibility index (Phi) is 3.05. The molecule has 0 aliphatic carbocycles. The lowest BCUT2D eigenvalue weighted by molar-refractivity contribution is -0.0881. The lowest BCUT2D eigenvalue weighted by Gasteiger charge is -2.49. The summed E-state index contributed by atoms with van der Waals surface area (Å²) in [5, 5.41) is 5.02. The zero-order valence-electron chi connectivity index (χ0n) is 12.6. The van der Waals surface area contributed by atoms with Gasteiger partial charge in [-0.2, -0.15) is 0 Å². The molecule has 4 aliphatic heterocycles. The average molecular weight is 347 g/mol. The molecule has 1 amide bonds. The number of thiazole rings is 1. The second-order valence-corrected chi connectivity index (χ2v) is 8.38. The van der Waals surface area contributed by atoms with Crippen LogP contribution in [0.1, 0.15) is 12.8 Å². The first-order valence-electron chi connectivity index (χ1n) is 7.95. The van der Waals surface area contributed by atoms with Crippen LogP contribution in [-0.4, -0.2) is 47.8 Å². The molecule has 4 aliphatic rings. The van der Waals surface area contributed by atoms with Crippen molar-refractivity contribution < 1.29 is 9.53 Å². The second-order valence-electron chi connectivity index (χ2n) is 6.58. The molecular formula is C16H17N3O2S2. The van der Waals surface area contributed by atoms with Crippen LogP contribution in [0.2, 0.25) is 0 Å². The Balaban J connectivity index is 1.43. The van der Waals surface area contributed by atoms with Crippen LogP contribution in [0, 0.1) is 5.92 Å². The molecule has 1 unspecified atom stereocenters. The van der Waals surface area contributed by atoms with Crippen LogP contribution < -0.4 is 4.90 Å². The predicted octanol–water partition coefficient (Wildman–Crippen LogP) is 3.29. The van der Waals surface area contributed by atoms with Crippen molar-refractivity contribution in [2.45, 2.75) is 18.4 Å². The van der Waals surface area contributed by atoms with Gasteiger partial charge in [-0.1, -0.05) is 0 Å². The Labute approximate surface area is 142 Å². The summed E-state index contributed by atoms with van der Waals surface area (Å²) in [6.07, 6.45) is 3.91. The molecule has 0 N–H and O–H groups in total. The molecule has 6 rings (SSSR count). The van der Waals surface area contributed by atoms with Gasteiger partial charge >= 0.3 is 6.09 Å². The van der Waals surface area contributed by atoms with Gasteiger partial charge in [-0.15, -0.1) is 22.7 Å². The van der Waals surface area contributed by atoms with Crippen molar-refractivity contribution in [2.24, 2.45) is 5.92 Å². The minimum Gasteiger partial charge on any atom is -0.439 e. The van der Waals surface area contributed by atoms with E-state index in [9.17, 15) is 4.79 Å². The number of rotatable bonds is 2. The first kappa shape index (κ1) is 13.9. The van der Waals surface area contributed by atoms with E-state index in [0.717, 1.165) is 48.0 Å². The van der Waals surface area contributed by atoms with Gasteiger partial charge in [0, 0.05) is 29.4 Å². The molecule has 0 aromatic carbocycles. The van der Waals surface area contributed by atoms with E-state index >= 15 is 0 Å². The van der Waals surface area contributed by atoms with Gasteiger partial charge in [0.05, 0.1) is 17.1 Å². The van der Waals surface area contributed by atoms with Crippen molar-refractivity contribution in [1.29, 1.82) is 0 Å². The number of piperidine rings is 3. The van der Waals surface area contributed by atoms with E-state index in [2.05, 4.69) is 16.0 Å². The number of anilines is 1.